The molecule has 4 heterocycles. The smallest absolute Gasteiger partial charge is 0.138 e. The molecule has 0 saturated carbocycles. The Morgan fingerprint density at radius 3 is 2.79 bits per heavy atom. The van der Waals surface area contributed by atoms with E-state index in [1.807, 2.05) is 31.3 Å². The number of nitrogens with zero attached hydrogens (tertiary/aromatic N) is 5. The summed E-state index contributed by atoms with van der Waals surface area (Å²) in [4.78, 5) is 6.93. The molecule has 0 unspecified atom stereocenters. The van der Waals surface area contributed by atoms with Gasteiger partial charge in [-0.3, -0.25) is 0 Å². The van der Waals surface area contributed by atoms with Crippen molar-refractivity contribution in [2.24, 2.45) is 0 Å². The third-order valence-corrected chi connectivity index (χ3v) is 5.09. The lowest BCUT2D eigenvalue weighted by Gasteiger charge is -2.28. The molecule has 8 heteroatoms. The molecule has 1 N–H and O–H groups in total. The first kappa shape index (κ1) is 19.2. The fourth-order valence-electron chi connectivity index (χ4n) is 3.39. The van der Waals surface area contributed by atoms with E-state index in [9.17, 15) is 5.26 Å². The van der Waals surface area contributed by atoms with Crippen LogP contribution in [0.3, 0.4) is 0 Å². The van der Waals surface area contributed by atoms with E-state index in [1.54, 1.807) is 24.0 Å². The molecule has 0 radical (unpaired) electrons. The number of anilines is 1. The predicted molar refractivity (Wildman–Crippen MR) is 110 cm³/mol. The van der Waals surface area contributed by atoms with E-state index in [0.717, 1.165) is 48.6 Å². The second kappa shape index (κ2) is 8.47. The van der Waals surface area contributed by atoms with Crippen molar-refractivity contribution in [3.8, 4) is 22.9 Å². The van der Waals surface area contributed by atoms with Crippen LogP contribution in [0.15, 0.2) is 36.8 Å². The molecule has 0 aliphatic carbocycles. The standard InChI is InChI=1S/C21H24N6O2/c1-15(28-2)14-29-18-9-19(21-17(10-22)12-25-27(21)13-18)16-3-4-20(24-11-16)26-7-5-23-6-8-26/h3-4,9,11-13,15,23H,5-8,14H2,1-2H3/t15-/m0/s1. The maximum absolute atomic E-state index is 9.51. The maximum Gasteiger partial charge on any atom is 0.138 e. The SMILES string of the molecule is CO[C@@H](C)COc1cc(-c2ccc(N3CCNCC3)nc2)c2c(C#N)cnn2c1. The summed E-state index contributed by atoms with van der Waals surface area (Å²) in [5.74, 6) is 1.62. The second-order valence-corrected chi connectivity index (χ2v) is 7.05. The van der Waals surface area contributed by atoms with Crippen LogP contribution in [0.5, 0.6) is 5.75 Å². The number of methoxy groups -OCH3 is 1. The minimum absolute atomic E-state index is 0.0265. The second-order valence-electron chi connectivity index (χ2n) is 7.05. The van der Waals surface area contributed by atoms with Gasteiger partial charge in [-0.1, -0.05) is 0 Å². The molecule has 1 atom stereocenters. The summed E-state index contributed by atoms with van der Waals surface area (Å²) in [5.41, 5.74) is 3.04. The molecule has 150 valence electrons. The van der Waals surface area contributed by atoms with Gasteiger partial charge in [0.25, 0.3) is 0 Å². The number of nitriles is 1. The molecule has 0 spiro atoms. The molecular weight excluding hydrogens is 368 g/mol. The third kappa shape index (κ3) is 4.01. The number of nitrogens with one attached hydrogen (secondary N) is 1. The van der Waals surface area contributed by atoms with E-state index in [4.69, 9.17) is 9.47 Å². The summed E-state index contributed by atoms with van der Waals surface area (Å²) < 4.78 is 12.8. The third-order valence-electron chi connectivity index (χ3n) is 5.09. The number of hydrogen-bond acceptors (Lipinski definition) is 7. The summed E-state index contributed by atoms with van der Waals surface area (Å²) in [6.07, 6.45) is 5.18. The fraction of sp³-hybridized carbons (Fsp3) is 0.381. The molecule has 1 saturated heterocycles. The maximum atomic E-state index is 9.51. The number of piperazine rings is 1. The minimum atomic E-state index is -0.0265. The molecule has 0 bridgehead atoms. The Bertz CT molecular complexity index is 1020. The van der Waals surface area contributed by atoms with Crippen LogP contribution < -0.4 is 15.0 Å². The topological polar surface area (TPSA) is 87.7 Å². The van der Waals surface area contributed by atoms with Crippen molar-refractivity contribution >= 4 is 11.3 Å². The first-order chi connectivity index (χ1) is 14.2. The highest BCUT2D eigenvalue weighted by Gasteiger charge is 2.16. The minimum Gasteiger partial charge on any atom is -0.489 e. The van der Waals surface area contributed by atoms with Gasteiger partial charge in [-0.15, -0.1) is 0 Å². The quantitative estimate of drug-likeness (QED) is 0.687. The molecule has 1 aliphatic heterocycles. The number of hydrogen-bond donors (Lipinski definition) is 1. The van der Waals surface area contributed by atoms with Crippen molar-refractivity contribution in [3.05, 3.63) is 42.4 Å². The van der Waals surface area contributed by atoms with Gasteiger partial charge in [-0.2, -0.15) is 10.4 Å². The van der Waals surface area contributed by atoms with Crippen molar-refractivity contribution in [1.82, 2.24) is 19.9 Å². The molecule has 0 amide bonds. The molecule has 3 aromatic rings. The van der Waals surface area contributed by atoms with Crippen molar-refractivity contribution in [2.75, 3.05) is 44.8 Å². The van der Waals surface area contributed by atoms with Gasteiger partial charge in [-0.05, 0) is 25.1 Å². The van der Waals surface area contributed by atoms with Crippen LogP contribution in [0.4, 0.5) is 5.82 Å². The Morgan fingerprint density at radius 2 is 2.10 bits per heavy atom. The van der Waals surface area contributed by atoms with Crippen LogP contribution >= 0.6 is 0 Å². The number of fused-ring (bicyclic) bond motifs is 1. The van der Waals surface area contributed by atoms with Crippen LogP contribution in [0.25, 0.3) is 16.6 Å². The molecule has 29 heavy (non-hydrogen) atoms. The molecule has 3 aromatic heterocycles. The Kier molecular flexibility index (Phi) is 5.60. The van der Waals surface area contributed by atoms with Crippen molar-refractivity contribution in [2.45, 2.75) is 13.0 Å². The molecule has 4 rings (SSSR count). The van der Waals surface area contributed by atoms with Crippen LogP contribution in [0, 0.1) is 11.3 Å². The largest absolute Gasteiger partial charge is 0.489 e. The van der Waals surface area contributed by atoms with Crippen molar-refractivity contribution in [1.29, 1.82) is 5.26 Å². The number of aromatic nitrogens is 3. The summed E-state index contributed by atoms with van der Waals surface area (Å²) in [7, 11) is 1.65. The zero-order valence-corrected chi connectivity index (χ0v) is 16.6. The van der Waals surface area contributed by atoms with Gasteiger partial charge in [0.2, 0.25) is 0 Å². The van der Waals surface area contributed by atoms with Gasteiger partial charge in [0, 0.05) is 50.6 Å². The van der Waals surface area contributed by atoms with Gasteiger partial charge in [0.1, 0.15) is 24.2 Å². The van der Waals surface area contributed by atoms with Gasteiger partial charge in [0.15, 0.2) is 0 Å². The Morgan fingerprint density at radius 1 is 1.28 bits per heavy atom. The molecule has 1 aliphatic rings. The fourth-order valence-corrected chi connectivity index (χ4v) is 3.39. The highest BCUT2D eigenvalue weighted by molar-refractivity contribution is 5.85. The highest BCUT2D eigenvalue weighted by Crippen LogP contribution is 2.31. The lowest BCUT2D eigenvalue weighted by Crippen LogP contribution is -2.43. The van der Waals surface area contributed by atoms with Crippen molar-refractivity contribution < 1.29 is 9.47 Å². The highest BCUT2D eigenvalue weighted by atomic mass is 16.5. The lowest BCUT2D eigenvalue weighted by molar-refractivity contribution is 0.0715. The van der Waals surface area contributed by atoms with E-state index in [-0.39, 0.29) is 6.10 Å². The molecule has 1 fully saturated rings. The first-order valence-corrected chi connectivity index (χ1v) is 9.68. The lowest BCUT2D eigenvalue weighted by atomic mass is 10.1. The van der Waals surface area contributed by atoms with Crippen LogP contribution in [0.2, 0.25) is 0 Å². The zero-order chi connectivity index (χ0) is 20.2. The molecular formula is C21H24N6O2. The van der Waals surface area contributed by atoms with E-state index in [1.165, 1.54) is 0 Å². The monoisotopic (exact) mass is 392 g/mol. The normalized spacial score (nSPS) is 15.3. The zero-order valence-electron chi connectivity index (χ0n) is 16.6. The van der Waals surface area contributed by atoms with Gasteiger partial charge in [-0.25, -0.2) is 9.50 Å². The summed E-state index contributed by atoms with van der Waals surface area (Å²) in [6, 6.07) is 8.22. The number of ether oxygens (including phenoxy) is 2. The molecule has 8 nitrogen and oxygen atoms in total. The van der Waals surface area contributed by atoms with Crippen LogP contribution in [0.1, 0.15) is 12.5 Å². The number of pyridine rings is 2. The first-order valence-electron chi connectivity index (χ1n) is 9.68. The van der Waals surface area contributed by atoms with Gasteiger partial charge in [0.05, 0.1) is 29.6 Å². The predicted octanol–water partition coefficient (Wildman–Crippen LogP) is 2.09. The van der Waals surface area contributed by atoms with Crippen molar-refractivity contribution in [3.63, 3.8) is 0 Å². The van der Waals surface area contributed by atoms with Gasteiger partial charge < -0.3 is 19.7 Å². The summed E-state index contributed by atoms with van der Waals surface area (Å²) >= 11 is 0. The average molecular weight is 392 g/mol. The van der Waals surface area contributed by atoms with E-state index in [2.05, 4.69) is 26.4 Å². The number of rotatable bonds is 6. The van der Waals surface area contributed by atoms with E-state index < -0.39 is 0 Å². The molecule has 0 aromatic carbocycles. The summed E-state index contributed by atoms with van der Waals surface area (Å²) in [5, 5.41) is 17.2. The Labute approximate surface area is 169 Å². The van der Waals surface area contributed by atoms with Crippen LogP contribution in [-0.4, -0.2) is 60.6 Å². The Balaban J connectivity index is 1.70. The van der Waals surface area contributed by atoms with Crippen LogP contribution in [-0.2, 0) is 4.74 Å². The van der Waals surface area contributed by atoms with E-state index in [0.29, 0.717) is 17.9 Å². The van der Waals surface area contributed by atoms with Gasteiger partial charge >= 0.3 is 0 Å². The summed E-state index contributed by atoms with van der Waals surface area (Å²) in [6.45, 7) is 6.18. The Hall–Kier alpha value is -3.15. The van der Waals surface area contributed by atoms with E-state index >= 15 is 0 Å². The average Bonchev–Trinajstić information content (AvgIpc) is 3.20.